The summed E-state index contributed by atoms with van der Waals surface area (Å²) < 4.78 is 10.5. The maximum Gasteiger partial charge on any atom is 0.329 e. The average molecular weight is 350 g/mol. The van der Waals surface area contributed by atoms with Crippen molar-refractivity contribution in [1.29, 1.82) is 0 Å². The summed E-state index contributed by atoms with van der Waals surface area (Å²) in [6.45, 7) is 10.3. The van der Waals surface area contributed by atoms with Crippen LogP contribution in [-0.4, -0.2) is 40.1 Å². The summed E-state index contributed by atoms with van der Waals surface area (Å²) in [5, 5.41) is 2.52. The van der Waals surface area contributed by atoms with E-state index in [2.05, 4.69) is 10.3 Å². The van der Waals surface area contributed by atoms with Crippen molar-refractivity contribution in [2.45, 2.75) is 65.2 Å². The first-order valence-electron chi connectivity index (χ1n) is 8.03. The molecule has 7 heteroatoms. The van der Waals surface area contributed by atoms with Gasteiger partial charge in [0.15, 0.2) is 0 Å². The summed E-state index contributed by atoms with van der Waals surface area (Å²) in [5.74, 6) is -1.82. The molecule has 0 bridgehead atoms. The van der Waals surface area contributed by atoms with Crippen molar-refractivity contribution in [3.05, 3.63) is 30.1 Å². The number of aromatic nitrogens is 1. The van der Waals surface area contributed by atoms with Gasteiger partial charge in [-0.25, -0.2) is 4.79 Å². The molecule has 0 aliphatic heterocycles. The quantitative estimate of drug-likeness (QED) is 0.819. The summed E-state index contributed by atoms with van der Waals surface area (Å²) in [5.41, 5.74) is -1.16. The topological polar surface area (TPSA) is 94.6 Å². The Labute approximate surface area is 148 Å². The molecule has 1 aromatic rings. The third kappa shape index (κ3) is 8.28. The number of nitrogens with zero attached hydrogens (tertiary/aromatic N) is 1. The highest BCUT2D eigenvalue weighted by molar-refractivity contribution is 5.97. The summed E-state index contributed by atoms with van der Waals surface area (Å²) in [7, 11) is 0. The van der Waals surface area contributed by atoms with Crippen LogP contribution in [0.25, 0.3) is 0 Å². The minimum absolute atomic E-state index is 0.278. The van der Waals surface area contributed by atoms with E-state index >= 15 is 0 Å². The van der Waals surface area contributed by atoms with Crippen molar-refractivity contribution in [3.63, 3.8) is 0 Å². The van der Waals surface area contributed by atoms with Crippen LogP contribution in [0.15, 0.2) is 24.5 Å². The van der Waals surface area contributed by atoms with Gasteiger partial charge >= 0.3 is 11.9 Å². The Morgan fingerprint density at radius 3 is 2.16 bits per heavy atom. The van der Waals surface area contributed by atoms with Gasteiger partial charge in [-0.1, -0.05) is 0 Å². The largest absolute Gasteiger partial charge is 0.460 e. The molecule has 1 rings (SSSR count). The molecule has 1 N–H and O–H groups in total. The van der Waals surface area contributed by atoms with E-state index in [4.69, 9.17) is 9.47 Å². The molecule has 0 aliphatic carbocycles. The maximum atomic E-state index is 12.4. The SMILES string of the molecule is CC(C)(C)OC(=O)CC(NC(=O)c1cccnc1)C(=O)OC(C)(C)C. The van der Waals surface area contributed by atoms with E-state index in [1.165, 1.54) is 12.4 Å². The van der Waals surface area contributed by atoms with Crippen LogP contribution in [0.3, 0.4) is 0 Å². The van der Waals surface area contributed by atoms with Gasteiger partial charge in [-0.05, 0) is 53.7 Å². The molecule has 1 aromatic heterocycles. The first kappa shape index (κ1) is 20.6. The molecule has 0 spiro atoms. The Morgan fingerprint density at radius 1 is 1.08 bits per heavy atom. The van der Waals surface area contributed by atoms with Crippen molar-refractivity contribution in [2.24, 2.45) is 0 Å². The highest BCUT2D eigenvalue weighted by Crippen LogP contribution is 2.13. The predicted octanol–water partition coefficient (Wildman–Crippen LogP) is 2.25. The Bertz CT molecular complexity index is 615. The van der Waals surface area contributed by atoms with E-state index < -0.39 is 35.1 Å². The molecule has 1 atom stereocenters. The van der Waals surface area contributed by atoms with Gasteiger partial charge in [0.25, 0.3) is 5.91 Å². The summed E-state index contributed by atoms with van der Waals surface area (Å²) in [4.78, 5) is 40.6. The Morgan fingerprint density at radius 2 is 1.68 bits per heavy atom. The molecule has 0 saturated heterocycles. The van der Waals surface area contributed by atoms with E-state index in [0.29, 0.717) is 0 Å². The molecule has 0 fully saturated rings. The first-order valence-corrected chi connectivity index (χ1v) is 8.03. The summed E-state index contributed by atoms with van der Waals surface area (Å²) >= 11 is 0. The number of nitrogens with one attached hydrogen (secondary N) is 1. The van der Waals surface area contributed by atoms with Crippen molar-refractivity contribution >= 4 is 17.8 Å². The minimum Gasteiger partial charge on any atom is -0.460 e. The molecule has 1 amide bonds. The van der Waals surface area contributed by atoms with Crippen LogP contribution >= 0.6 is 0 Å². The molecule has 0 radical (unpaired) electrons. The van der Waals surface area contributed by atoms with Crippen molar-refractivity contribution < 1.29 is 23.9 Å². The van der Waals surface area contributed by atoms with Crippen molar-refractivity contribution in [2.75, 3.05) is 0 Å². The molecule has 0 aliphatic rings. The van der Waals surface area contributed by atoms with Crippen LogP contribution in [0.5, 0.6) is 0 Å². The van der Waals surface area contributed by atoms with Gasteiger partial charge in [0.05, 0.1) is 12.0 Å². The molecule has 1 unspecified atom stereocenters. The van der Waals surface area contributed by atoms with Gasteiger partial charge < -0.3 is 14.8 Å². The Balaban J connectivity index is 2.89. The van der Waals surface area contributed by atoms with Gasteiger partial charge in [0.2, 0.25) is 0 Å². The number of carbonyl (C=O) groups excluding carboxylic acids is 3. The zero-order valence-electron chi connectivity index (χ0n) is 15.6. The number of ether oxygens (including phenoxy) is 2. The van der Waals surface area contributed by atoms with Crippen LogP contribution in [0.2, 0.25) is 0 Å². The molecular weight excluding hydrogens is 324 g/mol. The third-order valence-corrected chi connectivity index (χ3v) is 2.71. The lowest BCUT2D eigenvalue weighted by molar-refractivity contribution is -0.164. The zero-order chi connectivity index (χ0) is 19.3. The van der Waals surface area contributed by atoms with Gasteiger partial charge in [-0.2, -0.15) is 0 Å². The van der Waals surface area contributed by atoms with Gasteiger partial charge in [0.1, 0.15) is 17.2 Å². The standard InChI is InChI=1S/C18H26N2O5/c1-17(2,3)24-14(21)10-13(16(23)25-18(4,5)6)20-15(22)12-8-7-9-19-11-12/h7-9,11,13H,10H2,1-6H3,(H,20,22). The lowest BCUT2D eigenvalue weighted by Crippen LogP contribution is -2.46. The van der Waals surface area contributed by atoms with E-state index in [-0.39, 0.29) is 12.0 Å². The van der Waals surface area contributed by atoms with Crippen LogP contribution in [-0.2, 0) is 19.1 Å². The van der Waals surface area contributed by atoms with E-state index in [9.17, 15) is 14.4 Å². The number of rotatable bonds is 5. The fourth-order valence-electron chi connectivity index (χ4n) is 1.85. The lowest BCUT2D eigenvalue weighted by atomic mass is 10.1. The smallest absolute Gasteiger partial charge is 0.329 e. The molecule has 0 aromatic carbocycles. The number of esters is 2. The fourth-order valence-corrected chi connectivity index (χ4v) is 1.85. The van der Waals surface area contributed by atoms with E-state index in [0.717, 1.165) is 0 Å². The zero-order valence-corrected chi connectivity index (χ0v) is 15.6. The number of amides is 1. The monoisotopic (exact) mass is 350 g/mol. The second-order valence-electron chi connectivity index (χ2n) is 7.59. The highest BCUT2D eigenvalue weighted by Gasteiger charge is 2.31. The van der Waals surface area contributed by atoms with Crippen molar-refractivity contribution in [3.8, 4) is 0 Å². The minimum atomic E-state index is -1.15. The van der Waals surface area contributed by atoms with E-state index in [1.807, 2.05) is 0 Å². The highest BCUT2D eigenvalue weighted by atomic mass is 16.6. The number of hydrogen-bond donors (Lipinski definition) is 1. The van der Waals surface area contributed by atoms with Gasteiger partial charge in [-0.3, -0.25) is 14.6 Å². The Hall–Kier alpha value is -2.44. The summed E-state index contributed by atoms with van der Waals surface area (Å²) in [6.07, 6.45) is 2.58. The van der Waals surface area contributed by atoms with Crippen LogP contribution < -0.4 is 5.32 Å². The number of carbonyl (C=O) groups is 3. The normalized spacial score (nSPS) is 12.9. The molecule has 0 saturated carbocycles. The van der Waals surface area contributed by atoms with Crippen LogP contribution in [0.1, 0.15) is 58.3 Å². The maximum absolute atomic E-state index is 12.4. The number of pyridine rings is 1. The van der Waals surface area contributed by atoms with Gasteiger partial charge in [0, 0.05) is 12.4 Å². The average Bonchev–Trinajstić information content (AvgIpc) is 2.43. The Kier molecular flexibility index (Phi) is 6.67. The number of hydrogen-bond acceptors (Lipinski definition) is 6. The third-order valence-electron chi connectivity index (χ3n) is 2.71. The first-order chi connectivity index (χ1) is 11.4. The second kappa shape index (κ2) is 8.09. The van der Waals surface area contributed by atoms with Gasteiger partial charge in [-0.15, -0.1) is 0 Å². The molecule has 138 valence electrons. The predicted molar refractivity (Wildman–Crippen MR) is 91.8 cm³/mol. The van der Waals surface area contributed by atoms with Crippen LogP contribution in [0, 0.1) is 0 Å². The molecule has 1 heterocycles. The fraction of sp³-hybridized carbons (Fsp3) is 0.556. The molecule has 25 heavy (non-hydrogen) atoms. The van der Waals surface area contributed by atoms with Crippen LogP contribution in [0.4, 0.5) is 0 Å². The second-order valence-corrected chi connectivity index (χ2v) is 7.59. The van der Waals surface area contributed by atoms with Crippen molar-refractivity contribution in [1.82, 2.24) is 10.3 Å². The lowest BCUT2D eigenvalue weighted by Gasteiger charge is -2.25. The molecule has 7 nitrogen and oxygen atoms in total. The van der Waals surface area contributed by atoms with E-state index in [1.54, 1.807) is 53.7 Å². The molecular formula is C18H26N2O5. The summed E-state index contributed by atoms with van der Waals surface area (Å²) in [6, 6.07) is 2.01.